The number of aryl methyl sites for hydroxylation is 2. The Hall–Kier alpha value is -3.09. The van der Waals surface area contributed by atoms with Crippen molar-refractivity contribution in [2.24, 2.45) is 17.8 Å². The van der Waals surface area contributed by atoms with Gasteiger partial charge in [-0.1, -0.05) is 45.4 Å². The van der Waals surface area contributed by atoms with Gasteiger partial charge in [-0.25, -0.2) is 4.39 Å². The van der Waals surface area contributed by atoms with Crippen LogP contribution in [-0.4, -0.2) is 32.9 Å². The number of rotatable bonds is 10. The maximum Gasteiger partial charge on any atom is 0.157 e. The van der Waals surface area contributed by atoms with Crippen LogP contribution < -0.4 is 4.74 Å². The normalized spacial score (nSPS) is 20.9. The minimum atomic E-state index is -0.204. The Balaban J connectivity index is 1.23. The van der Waals surface area contributed by atoms with Gasteiger partial charge in [-0.2, -0.15) is 15.3 Å². The van der Waals surface area contributed by atoms with Crippen molar-refractivity contribution in [2.75, 3.05) is 7.11 Å². The van der Waals surface area contributed by atoms with Crippen molar-refractivity contribution in [2.45, 2.75) is 103 Å². The molecule has 3 unspecified atom stereocenters. The van der Waals surface area contributed by atoms with Crippen LogP contribution in [0.1, 0.15) is 100 Å². The van der Waals surface area contributed by atoms with Gasteiger partial charge >= 0.3 is 0 Å². The SMILES string of the molecule is COc1cnnc(CCC2CCCC(C(C)C(=O)Cn3nc(-c4ccc(F)c(C)c4)cc3C3CCCCC3)CC2)c1. The second-order valence-corrected chi connectivity index (χ2v) is 12.4. The number of hydrogen-bond acceptors (Lipinski definition) is 5. The lowest BCUT2D eigenvalue weighted by Gasteiger charge is -2.24. The molecule has 0 aliphatic heterocycles. The standard InChI is InChI=1S/C34H45FN4O2/c1-23-18-28(15-17-31(23)35)32-20-33(27-9-5-4-6-10-27)39(38-32)22-34(40)24(2)26-11-7-8-25(12-14-26)13-16-29-19-30(41-3)21-36-37-29/h15,17-21,24-27H,4-14,16,22H2,1-3H3. The molecule has 5 rings (SSSR count). The molecule has 2 aliphatic carbocycles. The Labute approximate surface area is 244 Å². The third kappa shape index (κ3) is 7.41. The van der Waals surface area contributed by atoms with Gasteiger partial charge in [-0.15, -0.1) is 0 Å². The lowest BCUT2D eigenvalue weighted by atomic mass is 9.83. The average molecular weight is 561 g/mol. The number of aromatic nitrogens is 4. The van der Waals surface area contributed by atoms with Gasteiger partial charge in [0.1, 0.15) is 18.1 Å². The van der Waals surface area contributed by atoms with Crippen LogP contribution in [0.15, 0.2) is 36.5 Å². The fraction of sp³-hybridized carbons (Fsp3) is 0.588. The van der Waals surface area contributed by atoms with Crippen LogP contribution in [-0.2, 0) is 17.8 Å². The van der Waals surface area contributed by atoms with Crippen molar-refractivity contribution < 1.29 is 13.9 Å². The molecule has 6 nitrogen and oxygen atoms in total. The monoisotopic (exact) mass is 560 g/mol. The second kappa shape index (κ2) is 13.7. The molecule has 0 N–H and O–H groups in total. The zero-order valence-electron chi connectivity index (χ0n) is 24.9. The molecule has 3 atom stereocenters. The molecule has 220 valence electrons. The molecule has 2 fully saturated rings. The topological polar surface area (TPSA) is 69.9 Å². The molecule has 1 aromatic carbocycles. The van der Waals surface area contributed by atoms with Crippen molar-refractivity contribution in [3.63, 3.8) is 0 Å². The number of methoxy groups -OCH3 is 1. The summed E-state index contributed by atoms with van der Waals surface area (Å²) in [5.41, 5.74) is 4.52. The van der Waals surface area contributed by atoms with Crippen LogP contribution in [0.5, 0.6) is 5.75 Å². The van der Waals surface area contributed by atoms with E-state index in [4.69, 9.17) is 9.84 Å². The number of hydrogen-bond donors (Lipinski definition) is 0. The molecule has 41 heavy (non-hydrogen) atoms. The van der Waals surface area contributed by atoms with Gasteiger partial charge < -0.3 is 4.74 Å². The first-order chi connectivity index (χ1) is 19.9. The van der Waals surface area contributed by atoms with Gasteiger partial charge in [-0.3, -0.25) is 9.48 Å². The van der Waals surface area contributed by atoms with E-state index in [0.717, 1.165) is 67.6 Å². The Bertz CT molecular complexity index is 1320. The molecule has 2 saturated carbocycles. The average Bonchev–Trinajstić information content (AvgIpc) is 3.27. The predicted molar refractivity (Wildman–Crippen MR) is 159 cm³/mol. The summed E-state index contributed by atoms with van der Waals surface area (Å²) in [6.45, 7) is 4.24. The Morgan fingerprint density at radius 1 is 1.05 bits per heavy atom. The first kappa shape index (κ1) is 29.4. The first-order valence-corrected chi connectivity index (χ1v) is 15.6. The van der Waals surface area contributed by atoms with E-state index in [1.165, 1.54) is 43.9 Å². The van der Waals surface area contributed by atoms with Crippen LogP contribution >= 0.6 is 0 Å². The van der Waals surface area contributed by atoms with Crippen LogP contribution in [0.2, 0.25) is 0 Å². The Morgan fingerprint density at radius 2 is 1.88 bits per heavy atom. The largest absolute Gasteiger partial charge is 0.495 e. The molecule has 0 amide bonds. The van der Waals surface area contributed by atoms with Crippen LogP contribution in [0.25, 0.3) is 11.3 Å². The molecule has 0 saturated heterocycles. The number of Topliss-reactive ketones (excluding diaryl/α,β-unsaturated/α-hetero) is 1. The molecule has 2 heterocycles. The van der Waals surface area contributed by atoms with Crippen molar-refractivity contribution in [3.05, 3.63) is 59.3 Å². The molecular weight excluding hydrogens is 515 g/mol. The number of carbonyl (C=O) groups is 1. The summed E-state index contributed by atoms with van der Waals surface area (Å²) in [5.74, 6) is 2.34. The number of nitrogens with zero attached hydrogens (tertiary/aromatic N) is 4. The van der Waals surface area contributed by atoms with E-state index in [1.54, 1.807) is 26.3 Å². The maximum atomic E-state index is 13.9. The van der Waals surface area contributed by atoms with E-state index >= 15 is 0 Å². The third-order valence-corrected chi connectivity index (χ3v) is 9.67. The van der Waals surface area contributed by atoms with E-state index in [2.05, 4.69) is 23.2 Å². The van der Waals surface area contributed by atoms with Crippen LogP contribution in [0.3, 0.4) is 0 Å². The molecule has 0 radical (unpaired) electrons. The number of halogens is 1. The van der Waals surface area contributed by atoms with Gasteiger partial charge in [0.15, 0.2) is 5.78 Å². The summed E-state index contributed by atoms with van der Waals surface area (Å²) in [6.07, 6.45) is 15.4. The molecule has 0 spiro atoms. The number of benzene rings is 1. The summed E-state index contributed by atoms with van der Waals surface area (Å²) >= 11 is 0. The third-order valence-electron chi connectivity index (χ3n) is 9.67. The van der Waals surface area contributed by atoms with Gasteiger partial charge in [0, 0.05) is 29.2 Å². The van der Waals surface area contributed by atoms with E-state index in [-0.39, 0.29) is 17.5 Å². The van der Waals surface area contributed by atoms with Crippen molar-refractivity contribution in [1.82, 2.24) is 20.0 Å². The Morgan fingerprint density at radius 3 is 2.66 bits per heavy atom. The van der Waals surface area contributed by atoms with Gasteiger partial charge in [0.2, 0.25) is 0 Å². The lowest BCUT2D eigenvalue weighted by Crippen LogP contribution is -2.26. The van der Waals surface area contributed by atoms with E-state index < -0.39 is 0 Å². The van der Waals surface area contributed by atoms with Gasteiger partial charge in [0.05, 0.1) is 24.7 Å². The highest BCUT2D eigenvalue weighted by molar-refractivity contribution is 5.81. The summed E-state index contributed by atoms with van der Waals surface area (Å²) < 4.78 is 21.2. The molecule has 0 bridgehead atoms. The first-order valence-electron chi connectivity index (χ1n) is 15.6. The van der Waals surface area contributed by atoms with Crippen LogP contribution in [0.4, 0.5) is 4.39 Å². The molecule has 2 aliphatic rings. The van der Waals surface area contributed by atoms with Crippen molar-refractivity contribution >= 4 is 5.78 Å². The van der Waals surface area contributed by atoms with Gasteiger partial charge in [-0.05, 0) is 87.1 Å². The van der Waals surface area contributed by atoms with E-state index in [0.29, 0.717) is 29.9 Å². The highest BCUT2D eigenvalue weighted by Crippen LogP contribution is 2.37. The fourth-order valence-corrected chi connectivity index (χ4v) is 6.96. The Kier molecular flexibility index (Phi) is 9.84. The predicted octanol–water partition coefficient (Wildman–Crippen LogP) is 7.88. The van der Waals surface area contributed by atoms with E-state index in [9.17, 15) is 9.18 Å². The lowest BCUT2D eigenvalue weighted by molar-refractivity contribution is -0.124. The summed E-state index contributed by atoms with van der Waals surface area (Å²) in [4.78, 5) is 13.7. The second-order valence-electron chi connectivity index (χ2n) is 12.4. The number of ether oxygens (including phenoxy) is 1. The molecular formula is C34H45FN4O2. The molecule has 2 aromatic heterocycles. The molecule has 7 heteroatoms. The van der Waals surface area contributed by atoms with Crippen LogP contribution in [0, 0.1) is 30.5 Å². The van der Waals surface area contributed by atoms with Crippen molar-refractivity contribution in [3.8, 4) is 17.0 Å². The highest BCUT2D eigenvalue weighted by atomic mass is 19.1. The minimum Gasteiger partial charge on any atom is -0.495 e. The fourth-order valence-electron chi connectivity index (χ4n) is 6.96. The number of ketones is 1. The smallest absolute Gasteiger partial charge is 0.157 e. The van der Waals surface area contributed by atoms with Crippen molar-refractivity contribution in [1.29, 1.82) is 0 Å². The quantitative estimate of drug-likeness (QED) is 0.236. The maximum absolute atomic E-state index is 13.9. The van der Waals surface area contributed by atoms with E-state index in [1.807, 2.05) is 16.8 Å². The summed E-state index contributed by atoms with van der Waals surface area (Å²) in [6, 6.07) is 9.31. The zero-order valence-corrected chi connectivity index (χ0v) is 24.9. The summed E-state index contributed by atoms with van der Waals surface area (Å²) in [7, 11) is 1.66. The summed E-state index contributed by atoms with van der Waals surface area (Å²) in [5, 5.41) is 13.3. The minimum absolute atomic E-state index is 0.0120. The number of carbonyl (C=O) groups excluding carboxylic acids is 1. The zero-order chi connectivity index (χ0) is 28.8. The highest BCUT2D eigenvalue weighted by Gasteiger charge is 2.29. The molecule has 3 aromatic rings. The van der Waals surface area contributed by atoms with Gasteiger partial charge in [0.25, 0.3) is 0 Å².